The van der Waals surface area contributed by atoms with Gasteiger partial charge in [-0.2, -0.15) is 0 Å². The highest BCUT2D eigenvalue weighted by atomic mass is 16.6. The quantitative estimate of drug-likeness (QED) is 0.334. The maximum Gasteiger partial charge on any atom is 0.322 e. The minimum absolute atomic E-state index is 0.00174. The van der Waals surface area contributed by atoms with Gasteiger partial charge in [0.15, 0.2) is 0 Å². The van der Waals surface area contributed by atoms with Gasteiger partial charge in [-0.1, -0.05) is 0 Å². The number of ether oxygens (including phenoxy) is 2. The normalized spacial score (nSPS) is 18.4. The summed E-state index contributed by atoms with van der Waals surface area (Å²) in [5, 5.41) is 11.4. The number of rotatable bonds is 10. The maximum atomic E-state index is 12.7. The van der Waals surface area contributed by atoms with Crippen LogP contribution >= 0.6 is 0 Å². The Bertz CT molecular complexity index is 899. The third-order valence-electron chi connectivity index (χ3n) is 6.20. The van der Waals surface area contributed by atoms with Crippen LogP contribution in [0.4, 0.5) is 0 Å². The molecule has 1 aliphatic heterocycles. The Morgan fingerprint density at radius 1 is 0.707 bits per heavy atom. The fraction of sp³-hybridized carbons (Fsp3) is 0.821. The average molecular weight is 586 g/mol. The molecule has 0 aromatic carbocycles. The van der Waals surface area contributed by atoms with E-state index >= 15 is 0 Å². The number of hydrogen-bond donors (Lipinski definition) is 2. The number of amides is 1. The highest BCUT2D eigenvalue weighted by molar-refractivity contribution is 5.84. The summed E-state index contributed by atoms with van der Waals surface area (Å²) in [4.78, 5) is 68.9. The molecule has 1 heterocycles. The number of aliphatic carboxylic acids is 1. The van der Waals surface area contributed by atoms with E-state index in [-0.39, 0.29) is 37.4 Å². The van der Waals surface area contributed by atoms with Crippen molar-refractivity contribution >= 4 is 29.6 Å². The summed E-state index contributed by atoms with van der Waals surface area (Å²) in [6, 6.07) is -0.636. The third kappa shape index (κ3) is 17.1. The summed E-state index contributed by atoms with van der Waals surface area (Å²) < 4.78 is 11.1. The van der Waals surface area contributed by atoms with E-state index in [0.717, 1.165) is 0 Å². The standard InChI is InChI=1S/C28H51N5O8/c1-21(34)18-30-9-10-31(19-24(37)40-27(3,4)5)11-12-32(20-25(38)41-28(6,7)8)14-16-33(15-13-30)22(2)26(39)29-17-23(35)36/h22H,9-20H2,1-8H3,(H,29,39)(H,35,36). The Morgan fingerprint density at radius 2 is 1.07 bits per heavy atom. The first-order chi connectivity index (χ1) is 18.8. The Hall–Kier alpha value is -2.61. The van der Waals surface area contributed by atoms with Crippen molar-refractivity contribution in [2.45, 2.75) is 72.6 Å². The van der Waals surface area contributed by atoms with Crippen LogP contribution in [0.3, 0.4) is 0 Å². The zero-order chi connectivity index (χ0) is 31.4. The molecular weight excluding hydrogens is 534 g/mol. The molecule has 0 saturated carbocycles. The van der Waals surface area contributed by atoms with Crippen molar-refractivity contribution in [1.29, 1.82) is 0 Å². The van der Waals surface area contributed by atoms with Crippen molar-refractivity contribution in [2.24, 2.45) is 0 Å². The molecule has 1 saturated heterocycles. The van der Waals surface area contributed by atoms with Crippen LogP contribution in [-0.4, -0.2) is 150 Å². The molecule has 0 bridgehead atoms. The van der Waals surface area contributed by atoms with Crippen molar-refractivity contribution in [2.75, 3.05) is 78.5 Å². The van der Waals surface area contributed by atoms with E-state index < -0.39 is 35.7 Å². The summed E-state index contributed by atoms with van der Waals surface area (Å²) in [6.07, 6.45) is 0. The second kappa shape index (κ2) is 16.7. The summed E-state index contributed by atoms with van der Waals surface area (Å²) in [5.74, 6) is -2.28. The summed E-state index contributed by atoms with van der Waals surface area (Å²) in [6.45, 7) is 17.5. The van der Waals surface area contributed by atoms with Gasteiger partial charge in [-0.05, 0) is 55.4 Å². The number of carbonyl (C=O) groups excluding carboxylic acids is 4. The Labute approximate surface area is 244 Å². The second-order valence-electron chi connectivity index (χ2n) is 12.5. The molecule has 1 aliphatic rings. The molecule has 41 heavy (non-hydrogen) atoms. The first-order valence-electron chi connectivity index (χ1n) is 14.2. The number of nitrogens with one attached hydrogen (secondary N) is 1. The van der Waals surface area contributed by atoms with Gasteiger partial charge in [-0.3, -0.25) is 43.6 Å². The Balaban J connectivity index is 3.18. The van der Waals surface area contributed by atoms with E-state index in [1.807, 2.05) is 40.4 Å². The second-order valence-corrected chi connectivity index (χ2v) is 12.5. The van der Waals surface area contributed by atoms with Crippen LogP contribution in [-0.2, 0) is 33.4 Å². The van der Waals surface area contributed by atoms with Crippen LogP contribution in [0, 0.1) is 0 Å². The van der Waals surface area contributed by atoms with Crippen molar-refractivity contribution < 1.29 is 38.6 Å². The zero-order valence-corrected chi connectivity index (χ0v) is 26.2. The molecule has 1 rings (SSSR count). The van der Waals surface area contributed by atoms with E-state index in [9.17, 15) is 24.0 Å². The van der Waals surface area contributed by atoms with Crippen molar-refractivity contribution in [3.63, 3.8) is 0 Å². The van der Waals surface area contributed by atoms with Gasteiger partial charge in [-0.15, -0.1) is 0 Å². The van der Waals surface area contributed by atoms with Gasteiger partial charge in [0.05, 0.1) is 25.7 Å². The fourth-order valence-corrected chi connectivity index (χ4v) is 4.32. The van der Waals surface area contributed by atoms with Gasteiger partial charge in [0, 0.05) is 52.4 Å². The number of carbonyl (C=O) groups is 5. The van der Waals surface area contributed by atoms with E-state index in [0.29, 0.717) is 52.4 Å². The first kappa shape index (κ1) is 36.4. The number of hydrogen-bond acceptors (Lipinski definition) is 11. The largest absolute Gasteiger partial charge is 0.480 e. The molecule has 1 unspecified atom stereocenters. The van der Waals surface area contributed by atoms with Crippen molar-refractivity contribution in [1.82, 2.24) is 24.9 Å². The molecule has 0 radical (unpaired) electrons. The summed E-state index contributed by atoms with van der Waals surface area (Å²) in [7, 11) is 0. The number of carboxylic acids is 1. The van der Waals surface area contributed by atoms with E-state index in [1.54, 1.807) is 27.7 Å². The van der Waals surface area contributed by atoms with Gasteiger partial charge in [0.25, 0.3) is 0 Å². The topological polar surface area (TPSA) is 149 Å². The predicted molar refractivity (Wildman–Crippen MR) is 153 cm³/mol. The molecule has 0 aromatic rings. The monoisotopic (exact) mass is 585 g/mol. The molecule has 0 spiro atoms. The lowest BCUT2D eigenvalue weighted by Crippen LogP contribution is -2.53. The van der Waals surface area contributed by atoms with Crippen LogP contribution in [0.15, 0.2) is 0 Å². The number of Topliss-reactive ketones (excluding diaryl/α,β-unsaturated/α-hetero) is 1. The summed E-state index contributed by atoms with van der Waals surface area (Å²) >= 11 is 0. The lowest BCUT2D eigenvalue weighted by molar-refractivity contribution is -0.158. The van der Waals surface area contributed by atoms with E-state index in [2.05, 4.69) is 5.32 Å². The van der Waals surface area contributed by atoms with Crippen LogP contribution in [0.2, 0.25) is 0 Å². The number of carboxylic acid groups (broad SMARTS) is 1. The minimum atomic E-state index is -1.13. The highest BCUT2D eigenvalue weighted by Crippen LogP contribution is 2.11. The summed E-state index contributed by atoms with van der Waals surface area (Å²) in [5.41, 5.74) is -1.26. The molecule has 13 heteroatoms. The lowest BCUT2D eigenvalue weighted by atomic mass is 10.2. The SMILES string of the molecule is CC(=O)CN1CCN(CC(=O)OC(C)(C)C)CCN(CC(=O)OC(C)(C)C)CCN(C(C)C(=O)NCC(=O)O)CC1. The van der Waals surface area contributed by atoms with E-state index in [4.69, 9.17) is 14.6 Å². The minimum Gasteiger partial charge on any atom is -0.480 e. The highest BCUT2D eigenvalue weighted by Gasteiger charge is 2.27. The van der Waals surface area contributed by atoms with Crippen LogP contribution < -0.4 is 5.32 Å². The van der Waals surface area contributed by atoms with E-state index in [1.165, 1.54) is 6.92 Å². The third-order valence-corrected chi connectivity index (χ3v) is 6.20. The number of ketones is 1. The molecule has 1 atom stereocenters. The van der Waals surface area contributed by atoms with Crippen molar-refractivity contribution in [3.8, 4) is 0 Å². The Kier molecular flexibility index (Phi) is 14.9. The van der Waals surface area contributed by atoms with Gasteiger partial charge >= 0.3 is 17.9 Å². The van der Waals surface area contributed by atoms with Gasteiger partial charge in [0.1, 0.15) is 23.5 Å². The van der Waals surface area contributed by atoms with Gasteiger partial charge in [0.2, 0.25) is 5.91 Å². The maximum absolute atomic E-state index is 12.7. The average Bonchev–Trinajstić information content (AvgIpc) is 2.79. The Morgan fingerprint density at radius 3 is 1.41 bits per heavy atom. The lowest BCUT2D eigenvalue weighted by Gasteiger charge is -2.35. The molecule has 1 amide bonds. The van der Waals surface area contributed by atoms with Crippen LogP contribution in [0.1, 0.15) is 55.4 Å². The molecule has 13 nitrogen and oxygen atoms in total. The van der Waals surface area contributed by atoms with Gasteiger partial charge < -0.3 is 19.9 Å². The van der Waals surface area contributed by atoms with Gasteiger partial charge in [-0.25, -0.2) is 0 Å². The molecular formula is C28H51N5O8. The number of esters is 2. The predicted octanol–water partition coefficient (Wildman–Crippen LogP) is 0.0697. The van der Waals surface area contributed by atoms with Crippen molar-refractivity contribution in [3.05, 3.63) is 0 Å². The fourth-order valence-electron chi connectivity index (χ4n) is 4.32. The van der Waals surface area contributed by atoms with Crippen LogP contribution in [0.5, 0.6) is 0 Å². The molecule has 2 N–H and O–H groups in total. The number of nitrogens with zero attached hydrogens (tertiary/aromatic N) is 4. The molecule has 0 aliphatic carbocycles. The molecule has 236 valence electrons. The molecule has 1 fully saturated rings. The zero-order valence-electron chi connectivity index (χ0n) is 26.2. The van der Waals surface area contributed by atoms with Crippen LogP contribution in [0.25, 0.3) is 0 Å². The first-order valence-corrected chi connectivity index (χ1v) is 14.2. The molecule has 0 aromatic heterocycles. The smallest absolute Gasteiger partial charge is 0.322 e.